The fourth-order valence-electron chi connectivity index (χ4n) is 3.61. The highest BCUT2D eigenvalue weighted by molar-refractivity contribution is 5.67. The second-order valence-corrected chi connectivity index (χ2v) is 7.40. The third-order valence-corrected chi connectivity index (χ3v) is 5.17. The molecule has 1 aliphatic heterocycles. The van der Waals surface area contributed by atoms with Crippen molar-refractivity contribution in [2.75, 3.05) is 13.7 Å². The van der Waals surface area contributed by atoms with Crippen LogP contribution in [0.25, 0.3) is 18.0 Å². The lowest BCUT2D eigenvalue weighted by molar-refractivity contribution is 0.0389. The van der Waals surface area contributed by atoms with Crippen LogP contribution in [0.5, 0.6) is 5.75 Å². The Balaban J connectivity index is 1.40. The van der Waals surface area contributed by atoms with Gasteiger partial charge in [-0.1, -0.05) is 12.1 Å². The summed E-state index contributed by atoms with van der Waals surface area (Å²) in [4.78, 5) is 13.4. The highest BCUT2D eigenvalue weighted by Gasteiger charge is 2.26. The predicted octanol–water partition coefficient (Wildman–Crippen LogP) is 3.60. The van der Waals surface area contributed by atoms with Gasteiger partial charge in [0.25, 0.3) is 0 Å². The number of imidazole rings is 1. The number of methoxy groups -OCH3 is 1. The van der Waals surface area contributed by atoms with Crippen molar-refractivity contribution < 1.29 is 13.9 Å². The van der Waals surface area contributed by atoms with Gasteiger partial charge in [0, 0.05) is 12.4 Å². The Morgan fingerprint density at radius 2 is 2.03 bits per heavy atom. The van der Waals surface area contributed by atoms with E-state index >= 15 is 0 Å². The molecule has 9 heteroatoms. The number of hydrogen-bond acceptors (Lipinski definition) is 6. The highest BCUT2D eigenvalue weighted by atomic mass is 19.1. The van der Waals surface area contributed by atoms with E-state index in [-0.39, 0.29) is 11.9 Å². The summed E-state index contributed by atoms with van der Waals surface area (Å²) in [5.41, 5.74) is 2.59. The lowest BCUT2D eigenvalue weighted by Gasteiger charge is -2.23. The number of halogens is 1. The minimum absolute atomic E-state index is 0.284. The first kappa shape index (κ1) is 20.1. The Morgan fingerprint density at radius 1 is 1.19 bits per heavy atom. The fraction of sp³-hybridized carbons (Fsp3) is 0.217. The molecule has 1 atom stereocenters. The number of hydrogen-bond donors (Lipinski definition) is 0. The molecule has 0 saturated heterocycles. The molecule has 0 aliphatic carbocycles. The molecule has 3 aromatic heterocycles. The van der Waals surface area contributed by atoms with Gasteiger partial charge >= 0.3 is 0 Å². The number of aromatic nitrogens is 6. The van der Waals surface area contributed by atoms with E-state index in [1.807, 2.05) is 40.6 Å². The van der Waals surface area contributed by atoms with Gasteiger partial charge in [0.15, 0.2) is 23.2 Å². The number of fused-ring (bicyclic) bond motifs is 1. The summed E-state index contributed by atoms with van der Waals surface area (Å²) in [5.74, 6) is 2.27. The predicted molar refractivity (Wildman–Crippen MR) is 116 cm³/mol. The molecule has 0 amide bonds. The average Bonchev–Trinajstić information content (AvgIpc) is 3.43. The van der Waals surface area contributed by atoms with Crippen LogP contribution in [-0.2, 0) is 11.3 Å². The van der Waals surface area contributed by atoms with Crippen molar-refractivity contribution in [1.29, 1.82) is 0 Å². The molecule has 0 radical (unpaired) electrons. The maximum atomic E-state index is 13.3. The van der Waals surface area contributed by atoms with E-state index in [2.05, 4.69) is 20.1 Å². The first-order chi connectivity index (χ1) is 15.6. The van der Waals surface area contributed by atoms with Crippen molar-refractivity contribution in [3.05, 3.63) is 83.3 Å². The Bertz CT molecular complexity index is 1280. The van der Waals surface area contributed by atoms with Gasteiger partial charge in [-0.05, 0) is 48.4 Å². The third kappa shape index (κ3) is 3.90. The Labute approximate surface area is 184 Å². The van der Waals surface area contributed by atoms with Crippen LogP contribution in [0.3, 0.4) is 0 Å². The molecule has 4 aromatic rings. The Morgan fingerprint density at radius 3 is 2.78 bits per heavy atom. The summed E-state index contributed by atoms with van der Waals surface area (Å²) in [6.45, 7) is 3.04. The first-order valence-electron chi connectivity index (χ1n) is 10.2. The molecule has 1 aromatic carbocycles. The van der Waals surface area contributed by atoms with Crippen molar-refractivity contribution in [2.45, 2.75) is 19.6 Å². The average molecular weight is 432 g/mol. The molecule has 4 heterocycles. The van der Waals surface area contributed by atoms with Crippen molar-refractivity contribution in [3.63, 3.8) is 0 Å². The quantitative estimate of drug-likeness (QED) is 0.479. The van der Waals surface area contributed by atoms with Crippen molar-refractivity contribution in [1.82, 2.24) is 29.3 Å². The van der Waals surface area contributed by atoms with Gasteiger partial charge in [-0.25, -0.2) is 24.0 Å². The highest BCUT2D eigenvalue weighted by Crippen LogP contribution is 2.28. The zero-order valence-electron chi connectivity index (χ0n) is 17.6. The second-order valence-electron chi connectivity index (χ2n) is 7.40. The molecule has 1 unspecified atom stereocenters. The number of pyridine rings is 1. The van der Waals surface area contributed by atoms with Gasteiger partial charge in [0.05, 0.1) is 26.0 Å². The van der Waals surface area contributed by atoms with Crippen LogP contribution in [0.1, 0.15) is 34.6 Å². The van der Waals surface area contributed by atoms with Gasteiger partial charge in [-0.15, -0.1) is 0 Å². The van der Waals surface area contributed by atoms with Crippen molar-refractivity contribution >= 4 is 12.2 Å². The molecular formula is C23H21FN6O2. The van der Waals surface area contributed by atoms with E-state index < -0.39 is 0 Å². The standard InChI is InChI=1S/C23H21FN6O2/c1-15-13-29(14-26-15)22-19(31-2)11-16(12-25-22)3-8-20-27-23-21(32-10-9-30(23)28-20)17-4-6-18(24)7-5-17/h3-8,11-14,21H,9-10H2,1-2H3. The molecule has 0 bridgehead atoms. The summed E-state index contributed by atoms with van der Waals surface area (Å²) in [6, 6.07) is 8.16. The van der Waals surface area contributed by atoms with E-state index in [9.17, 15) is 4.39 Å². The number of rotatable bonds is 5. The third-order valence-electron chi connectivity index (χ3n) is 5.17. The summed E-state index contributed by atoms with van der Waals surface area (Å²) in [7, 11) is 1.61. The lowest BCUT2D eigenvalue weighted by atomic mass is 10.1. The zero-order valence-corrected chi connectivity index (χ0v) is 17.6. The Hall–Kier alpha value is -3.85. The van der Waals surface area contributed by atoms with Gasteiger partial charge < -0.3 is 9.47 Å². The maximum Gasteiger partial charge on any atom is 0.180 e. The van der Waals surface area contributed by atoms with Gasteiger partial charge in [0.2, 0.25) is 0 Å². The van der Waals surface area contributed by atoms with Crippen molar-refractivity contribution in [2.24, 2.45) is 0 Å². The molecule has 162 valence electrons. The molecule has 5 rings (SSSR count). The normalized spacial score (nSPS) is 15.8. The zero-order chi connectivity index (χ0) is 22.1. The van der Waals surface area contributed by atoms with E-state index in [0.717, 1.165) is 16.8 Å². The van der Waals surface area contributed by atoms with Crippen LogP contribution in [0.4, 0.5) is 4.39 Å². The smallest absolute Gasteiger partial charge is 0.180 e. The topological polar surface area (TPSA) is 79.9 Å². The van der Waals surface area contributed by atoms with Crippen LogP contribution in [-0.4, -0.2) is 43.0 Å². The summed E-state index contributed by atoms with van der Waals surface area (Å²) in [6.07, 6.45) is 8.68. The number of benzene rings is 1. The van der Waals surface area contributed by atoms with Crippen molar-refractivity contribution in [3.8, 4) is 11.6 Å². The van der Waals surface area contributed by atoms with Gasteiger partial charge in [0.1, 0.15) is 18.2 Å². The Kier molecular flexibility index (Phi) is 5.24. The van der Waals surface area contributed by atoms with Crippen LogP contribution in [0.15, 0.2) is 49.1 Å². The molecule has 0 N–H and O–H groups in total. The van der Waals surface area contributed by atoms with E-state index in [0.29, 0.717) is 36.4 Å². The molecular weight excluding hydrogens is 411 g/mol. The second kappa shape index (κ2) is 8.35. The van der Waals surface area contributed by atoms with E-state index in [1.165, 1.54) is 12.1 Å². The minimum atomic E-state index is -0.376. The van der Waals surface area contributed by atoms with Crippen LogP contribution in [0, 0.1) is 12.7 Å². The number of aryl methyl sites for hydroxylation is 1. The molecule has 0 fully saturated rings. The molecule has 0 saturated carbocycles. The van der Waals surface area contributed by atoms with Gasteiger partial charge in [-0.2, -0.15) is 5.10 Å². The molecule has 0 spiro atoms. The summed E-state index contributed by atoms with van der Waals surface area (Å²) in [5, 5.41) is 4.57. The van der Waals surface area contributed by atoms with E-state index in [4.69, 9.17) is 9.47 Å². The van der Waals surface area contributed by atoms with E-state index in [1.54, 1.807) is 31.8 Å². The lowest BCUT2D eigenvalue weighted by Crippen LogP contribution is -2.23. The summed E-state index contributed by atoms with van der Waals surface area (Å²) >= 11 is 0. The van der Waals surface area contributed by atoms with Crippen LogP contribution < -0.4 is 4.74 Å². The largest absolute Gasteiger partial charge is 0.493 e. The molecule has 32 heavy (non-hydrogen) atoms. The molecule has 8 nitrogen and oxygen atoms in total. The first-order valence-corrected chi connectivity index (χ1v) is 10.2. The van der Waals surface area contributed by atoms with Crippen LogP contribution >= 0.6 is 0 Å². The monoisotopic (exact) mass is 432 g/mol. The number of ether oxygens (including phenoxy) is 2. The molecule has 1 aliphatic rings. The minimum Gasteiger partial charge on any atom is -0.493 e. The summed E-state index contributed by atoms with van der Waals surface area (Å²) < 4.78 is 28.4. The number of nitrogens with zero attached hydrogens (tertiary/aromatic N) is 6. The fourth-order valence-corrected chi connectivity index (χ4v) is 3.61. The van der Waals surface area contributed by atoms with Gasteiger partial charge in [-0.3, -0.25) is 4.57 Å². The maximum absolute atomic E-state index is 13.3. The van der Waals surface area contributed by atoms with Crippen LogP contribution in [0.2, 0.25) is 0 Å². The SMILES string of the molecule is COc1cc(C=Cc2nc3n(n2)CCOC3c2ccc(F)cc2)cnc1-n1cnc(C)c1.